The zero-order chi connectivity index (χ0) is 19.0. The molecule has 0 atom stereocenters. The van der Waals surface area contributed by atoms with Crippen LogP contribution in [0.3, 0.4) is 0 Å². The van der Waals surface area contributed by atoms with Crippen molar-refractivity contribution in [1.29, 1.82) is 0 Å². The van der Waals surface area contributed by atoms with Gasteiger partial charge in [-0.15, -0.1) is 0 Å². The molecule has 0 spiro atoms. The number of imidazole rings is 1. The van der Waals surface area contributed by atoms with Gasteiger partial charge in [0.25, 0.3) is 0 Å². The van der Waals surface area contributed by atoms with Crippen LogP contribution < -0.4 is 5.69 Å². The lowest BCUT2D eigenvalue weighted by Gasteiger charge is -2.35. The third-order valence-electron chi connectivity index (χ3n) is 5.25. The third kappa shape index (κ3) is 3.52. The van der Waals surface area contributed by atoms with Crippen LogP contribution in [0.4, 0.5) is 0 Å². The Bertz CT molecular complexity index is 998. The quantitative estimate of drug-likeness (QED) is 0.767. The second-order valence-electron chi connectivity index (χ2n) is 6.90. The van der Waals surface area contributed by atoms with Crippen LogP contribution in [-0.2, 0) is 19.6 Å². The molecule has 1 amide bonds. The number of ether oxygens (including phenoxy) is 1. The maximum absolute atomic E-state index is 12.9. The Balaban J connectivity index is 1.45. The molecule has 2 aromatic rings. The number of rotatable bonds is 3. The average molecular weight is 394 g/mol. The van der Waals surface area contributed by atoms with E-state index in [4.69, 9.17) is 4.74 Å². The highest BCUT2D eigenvalue weighted by atomic mass is 32.2. The number of aromatic amines is 2. The summed E-state index contributed by atoms with van der Waals surface area (Å²) in [7, 11) is -3.67. The number of nitrogens with zero attached hydrogens (tertiary/aromatic N) is 2. The summed E-state index contributed by atoms with van der Waals surface area (Å²) in [5, 5.41) is 0. The van der Waals surface area contributed by atoms with Gasteiger partial charge >= 0.3 is 5.69 Å². The number of fused-ring (bicyclic) bond motifs is 1. The summed E-state index contributed by atoms with van der Waals surface area (Å²) < 4.78 is 32.5. The summed E-state index contributed by atoms with van der Waals surface area (Å²) in [6, 6.07) is 4.54. The fourth-order valence-corrected chi connectivity index (χ4v) is 5.20. The van der Waals surface area contributed by atoms with E-state index in [2.05, 4.69) is 9.97 Å². The molecule has 4 rings (SSSR count). The van der Waals surface area contributed by atoms with E-state index in [9.17, 15) is 18.0 Å². The van der Waals surface area contributed by atoms with E-state index < -0.39 is 10.0 Å². The Kier molecular flexibility index (Phi) is 4.79. The van der Waals surface area contributed by atoms with Crippen LogP contribution >= 0.6 is 0 Å². The molecule has 146 valence electrons. The van der Waals surface area contributed by atoms with Crippen molar-refractivity contribution in [3.63, 3.8) is 0 Å². The number of hydrogen-bond acceptors (Lipinski definition) is 5. The first-order valence-electron chi connectivity index (χ1n) is 9.04. The van der Waals surface area contributed by atoms with E-state index >= 15 is 0 Å². The number of piperidine rings is 1. The lowest BCUT2D eigenvalue weighted by molar-refractivity contribution is -0.140. The summed E-state index contributed by atoms with van der Waals surface area (Å²) in [5.74, 6) is -0.0419. The lowest BCUT2D eigenvalue weighted by atomic mass is 9.96. The van der Waals surface area contributed by atoms with E-state index in [1.165, 1.54) is 16.4 Å². The van der Waals surface area contributed by atoms with Gasteiger partial charge in [-0.2, -0.15) is 4.31 Å². The predicted molar refractivity (Wildman–Crippen MR) is 97.8 cm³/mol. The largest absolute Gasteiger partial charge is 0.378 e. The fourth-order valence-electron chi connectivity index (χ4n) is 3.71. The van der Waals surface area contributed by atoms with Crippen LogP contribution in [-0.4, -0.2) is 72.9 Å². The average Bonchev–Trinajstić information content (AvgIpc) is 3.07. The smallest absolute Gasteiger partial charge is 0.323 e. The van der Waals surface area contributed by atoms with Crippen LogP contribution in [0, 0.1) is 5.92 Å². The van der Waals surface area contributed by atoms with Gasteiger partial charge in [0, 0.05) is 32.1 Å². The number of aromatic nitrogens is 2. The second kappa shape index (κ2) is 7.10. The highest BCUT2D eigenvalue weighted by Gasteiger charge is 2.34. The first-order valence-corrected chi connectivity index (χ1v) is 10.5. The fraction of sp³-hybridized carbons (Fsp3) is 0.529. The molecule has 3 heterocycles. The van der Waals surface area contributed by atoms with E-state index in [0.29, 0.717) is 63.3 Å². The molecule has 1 aromatic carbocycles. The lowest BCUT2D eigenvalue weighted by Crippen LogP contribution is -2.47. The summed E-state index contributed by atoms with van der Waals surface area (Å²) >= 11 is 0. The molecule has 0 bridgehead atoms. The number of carbonyl (C=O) groups is 1. The molecule has 2 fully saturated rings. The van der Waals surface area contributed by atoms with E-state index in [-0.39, 0.29) is 22.4 Å². The Morgan fingerprint density at radius 1 is 1.04 bits per heavy atom. The minimum absolute atomic E-state index is 0.0988. The molecule has 2 N–H and O–H groups in total. The summed E-state index contributed by atoms with van der Waals surface area (Å²) in [6.45, 7) is 2.94. The van der Waals surface area contributed by atoms with Crippen LogP contribution in [0.5, 0.6) is 0 Å². The highest BCUT2D eigenvalue weighted by Crippen LogP contribution is 2.26. The van der Waals surface area contributed by atoms with Gasteiger partial charge < -0.3 is 19.6 Å². The number of hydrogen-bond donors (Lipinski definition) is 2. The molecule has 0 radical (unpaired) electrons. The van der Waals surface area contributed by atoms with Gasteiger partial charge in [0.2, 0.25) is 15.9 Å². The van der Waals surface area contributed by atoms with Gasteiger partial charge in [0.15, 0.2) is 0 Å². The maximum Gasteiger partial charge on any atom is 0.323 e. The standard InChI is InChI=1S/C17H22N4O5S/c22-16(20-7-9-26-10-8-20)12-3-5-21(6-4-12)27(24,25)13-1-2-14-15(11-13)19-17(23)18-14/h1-2,11-12H,3-10H2,(H2,18,19,23). The number of benzene rings is 1. The Labute approximate surface area is 156 Å². The number of nitrogens with one attached hydrogen (secondary N) is 2. The minimum atomic E-state index is -3.67. The molecule has 0 aliphatic carbocycles. The van der Waals surface area contributed by atoms with Crippen LogP contribution in [0.25, 0.3) is 11.0 Å². The number of sulfonamides is 1. The molecule has 9 nitrogen and oxygen atoms in total. The van der Waals surface area contributed by atoms with E-state index in [1.807, 2.05) is 4.90 Å². The van der Waals surface area contributed by atoms with Crippen molar-refractivity contribution in [1.82, 2.24) is 19.2 Å². The zero-order valence-electron chi connectivity index (χ0n) is 14.8. The number of carbonyl (C=O) groups excluding carboxylic acids is 1. The first-order chi connectivity index (χ1) is 12.9. The normalized spacial score (nSPS) is 20.2. The number of H-pyrrole nitrogens is 2. The molecule has 0 unspecified atom stereocenters. The van der Waals surface area contributed by atoms with Gasteiger partial charge in [-0.25, -0.2) is 13.2 Å². The summed E-state index contributed by atoms with van der Waals surface area (Å²) in [4.78, 5) is 31.1. The number of amides is 1. The Morgan fingerprint density at radius 3 is 2.41 bits per heavy atom. The summed E-state index contributed by atoms with van der Waals surface area (Å²) in [6.07, 6.45) is 1.03. The van der Waals surface area contributed by atoms with Crippen molar-refractivity contribution in [2.75, 3.05) is 39.4 Å². The van der Waals surface area contributed by atoms with Gasteiger partial charge in [0.1, 0.15) is 0 Å². The third-order valence-corrected chi connectivity index (χ3v) is 7.15. The summed E-state index contributed by atoms with van der Waals surface area (Å²) in [5.41, 5.74) is 0.647. The second-order valence-corrected chi connectivity index (χ2v) is 8.84. The molecule has 2 saturated heterocycles. The van der Waals surface area contributed by atoms with Crippen LogP contribution in [0.2, 0.25) is 0 Å². The molecular formula is C17H22N4O5S. The highest BCUT2D eigenvalue weighted by molar-refractivity contribution is 7.89. The molecule has 1 aromatic heterocycles. The molecule has 2 aliphatic heterocycles. The van der Waals surface area contributed by atoms with Gasteiger partial charge in [0.05, 0.1) is 29.1 Å². The SMILES string of the molecule is O=C(C1CCN(S(=O)(=O)c2ccc3[nH]c(=O)[nH]c3c2)CC1)N1CCOCC1. The minimum Gasteiger partial charge on any atom is -0.378 e. The molecule has 27 heavy (non-hydrogen) atoms. The van der Waals surface area contributed by atoms with Crippen molar-refractivity contribution in [3.8, 4) is 0 Å². The topological polar surface area (TPSA) is 116 Å². The number of morpholine rings is 1. The Hall–Kier alpha value is -2.17. The predicted octanol–water partition coefficient (Wildman–Crippen LogP) is 0.116. The van der Waals surface area contributed by atoms with Crippen molar-refractivity contribution >= 4 is 27.0 Å². The van der Waals surface area contributed by atoms with E-state index in [1.54, 1.807) is 6.07 Å². The van der Waals surface area contributed by atoms with Crippen LogP contribution in [0.15, 0.2) is 27.9 Å². The molecule has 10 heteroatoms. The van der Waals surface area contributed by atoms with Crippen molar-refractivity contribution < 1.29 is 17.9 Å². The van der Waals surface area contributed by atoms with Crippen molar-refractivity contribution in [3.05, 3.63) is 28.7 Å². The van der Waals surface area contributed by atoms with Gasteiger partial charge in [-0.3, -0.25) is 4.79 Å². The Morgan fingerprint density at radius 2 is 1.70 bits per heavy atom. The van der Waals surface area contributed by atoms with Crippen molar-refractivity contribution in [2.45, 2.75) is 17.7 Å². The molecular weight excluding hydrogens is 372 g/mol. The molecule has 2 aliphatic rings. The monoisotopic (exact) mass is 394 g/mol. The van der Waals surface area contributed by atoms with Gasteiger partial charge in [-0.1, -0.05) is 0 Å². The van der Waals surface area contributed by atoms with Crippen molar-refractivity contribution in [2.24, 2.45) is 5.92 Å². The first kappa shape index (κ1) is 18.2. The zero-order valence-corrected chi connectivity index (χ0v) is 15.6. The molecule has 0 saturated carbocycles. The van der Waals surface area contributed by atoms with Crippen LogP contribution in [0.1, 0.15) is 12.8 Å². The van der Waals surface area contributed by atoms with Gasteiger partial charge in [-0.05, 0) is 31.0 Å². The van der Waals surface area contributed by atoms with E-state index in [0.717, 1.165) is 0 Å². The maximum atomic E-state index is 12.9.